The summed E-state index contributed by atoms with van der Waals surface area (Å²) in [7, 11) is 1.38. The highest BCUT2D eigenvalue weighted by Crippen LogP contribution is 2.42. The van der Waals surface area contributed by atoms with Crippen molar-refractivity contribution in [3.63, 3.8) is 0 Å². The molecule has 1 N–H and O–H groups in total. The molecule has 0 spiro atoms. The molecule has 0 aliphatic carbocycles. The maximum Gasteiger partial charge on any atom is 0.416 e. The normalized spacial score (nSPS) is 11.6. The van der Waals surface area contributed by atoms with E-state index in [0.29, 0.717) is 21.2 Å². The van der Waals surface area contributed by atoms with Crippen LogP contribution in [0.1, 0.15) is 16.7 Å². The van der Waals surface area contributed by atoms with Crippen molar-refractivity contribution < 1.29 is 27.4 Å². The standard InChI is InChI=1S/C32H23BrClF3N4O4/c1-18-10-12-22(13-11-18)39-26(42)17-45-29-25(44-2)15-20(27(33)28(29)34)16-38-41-30(19-6-5-7-21(14-19)32(35,36)37)40-24-9-4-3-8-23(24)31(41)43/h3-16H,17H2,1-2H3,(H,39,42). The van der Waals surface area contributed by atoms with Gasteiger partial charge >= 0.3 is 6.18 Å². The van der Waals surface area contributed by atoms with E-state index >= 15 is 0 Å². The van der Waals surface area contributed by atoms with Gasteiger partial charge in [-0.05, 0) is 65.3 Å². The number of benzene rings is 4. The van der Waals surface area contributed by atoms with E-state index in [4.69, 9.17) is 21.1 Å². The lowest BCUT2D eigenvalue weighted by molar-refractivity contribution is -0.137. The second-order valence-corrected chi connectivity index (χ2v) is 10.9. The molecule has 0 saturated carbocycles. The first-order valence-corrected chi connectivity index (χ1v) is 14.4. The van der Waals surface area contributed by atoms with Crippen LogP contribution in [0.25, 0.3) is 22.3 Å². The molecule has 4 aromatic carbocycles. The van der Waals surface area contributed by atoms with Crippen LogP contribution in [0.15, 0.2) is 93.2 Å². The molecule has 0 fully saturated rings. The molecule has 0 aliphatic heterocycles. The zero-order chi connectivity index (χ0) is 32.3. The topological polar surface area (TPSA) is 94.8 Å². The van der Waals surface area contributed by atoms with E-state index in [1.807, 2.05) is 19.1 Å². The summed E-state index contributed by atoms with van der Waals surface area (Å²) in [5, 5.41) is 7.31. The number of anilines is 1. The van der Waals surface area contributed by atoms with Crippen molar-refractivity contribution in [3.05, 3.63) is 115 Å². The molecule has 0 aliphatic rings. The summed E-state index contributed by atoms with van der Waals surface area (Å²) in [5.74, 6) is -0.287. The minimum atomic E-state index is -4.61. The van der Waals surface area contributed by atoms with Gasteiger partial charge in [0.15, 0.2) is 23.9 Å². The SMILES string of the molecule is COc1cc(C=Nn2c(-c3cccc(C(F)(F)F)c3)nc3ccccc3c2=O)c(Br)c(Cl)c1OCC(=O)Nc1ccc(C)cc1. The Morgan fingerprint density at radius 2 is 1.82 bits per heavy atom. The van der Waals surface area contributed by atoms with Crippen LogP contribution in [-0.2, 0) is 11.0 Å². The van der Waals surface area contributed by atoms with Crippen LogP contribution in [0.3, 0.4) is 0 Å². The molecule has 1 heterocycles. The first-order chi connectivity index (χ1) is 21.5. The second kappa shape index (κ2) is 13.1. The lowest BCUT2D eigenvalue weighted by atomic mass is 10.1. The number of aromatic nitrogens is 2. The van der Waals surface area contributed by atoms with Crippen LogP contribution in [0.5, 0.6) is 11.5 Å². The number of rotatable bonds is 8. The quantitative estimate of drug-likeness (QED) is 0.168. The molecule has 230 valence electrons. The number of methoxy groups -OCH3 is 1. The Hall–Kier alpha value is -4.68. The molecule has 0 saturated heterocycles. The van der Waals surface area contributed by atoms with Gasteiger partial charge in [-0.2, -0.15) is 22.9 Å². The number of nitrogens with one attached hydrogen (secondary N) is 1. The minimum absolute atomic E-state index is 0.0344. The largest absolute Gasteiger partial charge is 0.493 e. The van der Waals surface area contributed by atoms with E-state index in [2.05, 4.69) is 31.3 Å². The molecule has 1 amide bonds. The maximum atomic E-state index is 13.5. The summed E-state index contributed by atoms with van der Waals surface area (Å²) in [4.78, 5) is 30.5. The predicted molar refractivity (Wildman–Crippen MR) is 170 cm³/mol. The molecule has 0 radical (unpaired) electrons. The van der Waals surface area contributed by atoms with Crippen molar-refractivity contribution in [2.75, 3.05) is 19.0 Å². The van der Waals surface area contributed by atoms with Crippen LogP contribution >= 0.6 is 27.5 Å². The number of alkyl halides is 3. The average molecular weight is 700 g/mol. The van der Waals surface area contributed by atoms with E-state index in [-0.39, 0.29) is 39.9 Å². The molecule has 13 heteroatoms. The summed E-state index contributed by atoms with van der Waals surface area (Å²) in [6, 6.07) is 19.7. The van der Waals surface area contributed by atoms with Crippen LogP contribution < -0.4 is 20.3 Å². The van der Waals surface area contributed by atoms with Crippen LogP contribution in [0.2, 0.25) is 5.02 Å². The van der Waals surface area contributed by atoms with Crippen molar-refractivity contribution in [2.24, 2.45) is 5.10 Å². The number of halogens is 5. The molecular formula is C32H23BrClF3N4O4. The van der Waals surface area contributed by atoms with Crippen LogP contribution in [0.4, 0.5) is 18.9 Å². The van der Waals surface area contributed by atoms with E-state index in [1.165, 1.54) is 31.5 Å². The highest BCUT2D eigenvalue weighted by molar-refractivity contribution is 9.10. The van der Waals surface area contributed by atoms with Crippen LogP contribution in [0, 0.1) is 6.92 Å². The third-order valence-corrected chi connectivity index (χ3v) is 8.02. The Morgan fingerprint density at radius 3 is 2.53 bits per heavy atom. The van der Waals surface area contributed by atoms with Gasteiger partial charge in [0.2, 0.25) is 0 Å². The Balaban J connectivity index is 1.50. The van der Waals surface area contributed by atoms with Crippen molar-refractivity contribution in [1.82, 2.24) is 9.66 Å². The Kier molecular flexibility index (Phi) is 9.26. The maximum absolute atomic E-state index is 13.5. The molecule has 0 bridgehead atoms. The third kappa shape index (κ3) is 7.02. The van der Waals surface area contributed by atoms with Gasteiger partial charge in [-0.3, -0.25) is 9.59 Å². The Bertz CT molecular complexity index is 2000. The van der Waals surface area contributed by atoms with E-state index < -0.39 is 23.2 Å². The third-order valence-electron chi connectivity index (χ3n) is 6.57. The minimum Gasteiger partial charge on any atom is -0.493 e. The van der Waals surface area contributed by atoms with Gasteiger partial charge in [0.05, 0.1) is 29.8 Å². The number of ether oxygens (including phenoxy) is 2. The fourth-order valence-corrected chi connectivity index (χ4v) is 4.98. The number of carbonyl (C=O) groups is 1. The molecule has 5 aromatic rings. The Morgan fingerprint density at radius 1 is 1.09 bits per heavy atom. The monoisotopic (exact) mass is 698 g/mol. The van der Waals surface area contributed by atoms with Gasteiger partial charge in [0.1, 0.15) is 5.02 Å². The van der Waals surface area contributed by atoms with Crippen molar-refractivity contribution >= 4 is 56.2 Å². The summed E-state index contributed by atoms with van der Waals surface area (Å²) in [5.41, 5.74) is 0.805. The molecule has 8 nitrogen and oxygen atoms in total. The van der Waals surface area contributed by atoms with E-state index in [0.717, 1.165) is 22.4 Å². The molecular weight excluding hydrogens is 677 g/mol. The highest BCUT2D eigenvalue weighted by atomic mass is 79.9. The smallest absolute Gasteiger partial charge is 0.416 e. The van der Waals surface area contributed by atoms with Crippen LogP contribution in [-0.4, -0.2) is 35.5 Å². The molecule has 5 rings (SSSR count). The lowest BCUT2D eigenvalue weighted by Gasteiger charge is -2.15. The fourth-order valence-electron chi connectivity index (χ4n) is 4.33. The zero-order valence-corrected chi connectivity index (χ0v) is 26.0. The highest BCUT2D eigenvalue weighted by Gasteiger charge is 2.31. The number of aryl methyl sites for hydroxylation is 1. The number of fused-ring (bicyclic) bond motifs is 1. The van der Waals surface area contributed by atoms with Crippen molar-refractivity contribution in [3.8, 4) is 22.9 Å². The number of carbonyl (C=O) groups excluding carboxylic acids is 1. The Labute approximate surface area is 268 Å². The van der Waals surface area contributed by atoms with Crippen molar-refractivity contribution in [1.29, 1.82) is 0 Å². The zero-order valence-electron chi connectivity index (χ0n) is 23.7. The number of hydrogen-bond acceptors (Lipinski definition) is 6. The molecule has 1 aromatic heterocycles. The number of para-hydroxylation sites is 1. The predicted octanol–water partition coefficient (Wildman–Crippen LogP) is 7.71. The van der Waals surface area contributed by atoms with Gasteiger partial charge < -0.3 is 14.8 Å². The summed E-state index contributed by atoms with van der Waals surface area (Å²) in [6.07, 6.45) is -3.33. The van der Waals surface area contributed by atoms with Gasteiger partial charge in [-0.15, -0.1) is 0 Å². The average Bonchev–Trinajstić information content (AvgIpc) is 3.02. The van der Waals surface area contributed by atoms with Gasteiger partial charge in [-0.25, -0.2) is 4.98 Å². The molecule has 0 unspecified atom stereocenters. The van der Waals surface area contributed by atoms with Gasteiger partial charge in [0.25, 0.3) is 11.5 Å². The molecule has 45 heavy (non-hydrogen) atoms. The summed E-state index contributed by atoms with van der Waals surface area (Å²) >= 11 is 9.99. The second-order valence-electron chi connectivity index (χ2n) is 9.72. The summed E-state index contributed by atoms with van der Waals surface area (Å²) < 4.78 is 52.9. The van der Waals surface area contributed by atoms with Crippen molar-refractivity contribution in [2.45, 2.75) is 13.1 Å². The number of hydrogen-bond donors (Lipinski definition) is 1. The molecule has 0 atom stereocenters. The first kappa shape index (κ1) is 31.7. The van der Waals surface area contributed by atoms with E-state index in [1.54, 1.807) is 36.4 Å². The van der Waals surface area contributed by atoms with Gasteiger partial charge in [0, 0.05) is 21.3 Å². The van der Waals surface area contributed by atoms with E-state index in [9.17, 15) is 22.8 Å². The number of nitrogens with zero attached hydrogens (tertiary/aromatic N) is 3. The first-order valence-electron chi connectivity index (χ1n) is 13.3. The fraction of sp³-hybridized carbons (Fsp3) is 0.125. The summed E-state index contributed by atoms with van der Waals surface area (Å²) in [6.45, 7) is 1.56. The lowest BCUT2D eigenvalue weighted by Crippen LogP contribution is -2.21. The van der Waals surface area contributed by atoms with Gasteiger partial charge in [-0.1, -0.05) is 53.6 Å². The number of amides is 1.